The third-order valence-electron chi connectivity index (χ3n) is 6.86. The molecule has 11 nitrogen and oxygen atoms in total. The summed E-state index contributed by atoms with van der Waals surface area (Å²) in [7, 11) is -3.32. The minimum absolute atomic E-state index is 0.0419. The lowest BCUT2D eigenvalue weighted by Gasteiger charge is -2.35. The zero-order chi connectivity index (χ0) is 31.6. The highest BCUT2D eigenvalue weighted by Crippen LogP contribution is 2.36. The molecule has 2 aromatic carbocycles. The van der Waals surface area contributed by atoms with Crippen LogP contribution in [0.2, 0.25) is 0 Å². The maximum Gasteiger partial charge on any atom is 0.264 e. The maximum absolute atomic E-state index is 16.3. The Balaban J connectivity index is 1.48. The molecule has 44 heavy (non-hydrogen) atoms. The number of piperazine rings is 1. The van der Waals surface area contributed by atoms with Crippen LogP contribution in [0.4, 0.5) is 24.7 Å². The molecule has 15 heteroatoms. The lowest BCUT2D eigenvalue weighted by Crippen LogP contribution is -2.48. The van der Waals surface area contributed by atoms with Gasteiger partial charge in [0.25, 0.3) is 10.0 Å². The highest BCUT2D eigenvalue weighted by molar-refractivity contribution is 7.92. The Kier molecular flexibility index (Phi) is 8.49. The van der Waals surface area contributed by atoms with Gasteiger partial charge in [-0.15, -0.1) is 0 Å². The number of carbonyl (C=O) groups excluding carboxylic acids is 2. The van der Waals surface area contributed by atoms with Crippen LogP contribution >= 0.6 is 0 Å². The SMILES string of the molecule is COc1ncc(-c2ccc3ncnc(N4CCN(C(=O)/C=C/C(C)=O)CC4)c3c2F)cc1NS(=O)(=O)c1ccc(F)cc1F. The standard InChI is InChI=1S/C29H25F3N6O5S/c1-17(39)3-8-25(40)37-9-11-38(12-10-37)28-26-22(34-16-35-28)6-5-20(27(26)32)18-13-23(29(43-2)33-15-18)36-44(41,42)24-7-4-19(30)14-21(24)31/h3-8,13-16,36H,9-12H2,1-2H3/b8-3+. The van der Waals surface area contributed by atoms with Crippen molar-refractivity contribution in [2.24, 2.45) is 0 Å². The van der Waals surface area contributed by atoms with Crippen molar-refractivity contribution in [2.45, 2.75) is 11.8 Å². The van der Waals surface area contributed by atoms with E-state index < -0.39 is 32.4 Å². The van der Waals surface area contributed by atoms with Crippen LogP contribution in [0.5, 0.6) is 5.88 Å². The number of hydrogen-bond acceptors (Lipinski definition) is 9. The van der Waals surface area contributed by atoms with Crippen molar-refractivity contribution in [3.05, 3.63) is 78.5 Å². The van der Waals surface area contributed by atoms with Crippen molar-refractivity contribution < 1.29 is 35.9 Å². The number of amides is 1. The first-order chi connectivity index (χ1) is 21.0. The molecule has 0 bridgehead atoms. The van der Waals surface area contributed by atoms with Crippen molar-refractivity contribution in [1.82, 2.24) is 19.9 Å². The van der Waals surface area contributed by atoms with Crippen molar-refractivity contribution in [1.29, 1.82) is 0 Å². The van der Waals surface area contributed by atoms with Crippen LogP contribution in [0.25, 0.3) is 22.0 Å². The summed E-state index contributed by atoms with van der Waals surface area (Å²) in [5.41, 5.74) is 0.302. The van der Waals surface area contributed by atoms with E-state index in [-0.39, 0.29) is 39.8 Å². The normalized spacial score (nSPS) is 13.8. The average Bonchev–Trinajstić information content (AvgIpc) is 2.99. The lowest BCUT2D eigenvalue weighted by molar-refractivity contribution is -0.126. The van der Waals surface area contributed by atoms with Crippen molar-refractivity contribution in [3.8, 4) is 17.0 Å². The maximum atomic E-state index is 16.3. The van der Waals surface area contributed by atoms with Crippen LogP contribution in [-0.2, 0) is 19.6 Å². The molecule has 1 aliphatic rings. The van der Waals surface area contributed by atoms with E-state index in [0.717, 1.165) is 12.1 Å². The molecule has 4 aromatic rings. The number of hydrogen-bond donors (Lipinski definition) is 1. The fraction of sp³-hybridized carbons (Fsp3) is 0.207. The quantitative estimate of drug-likeness (QED) is 0.291. The van der Waals surface area contributed by atoms with Crippen molar-refractivity contribution in [2.75, 3.05) is 42.9 Å². The zero-order valence-corrected chi connectivity index (χ0v) is 24.2. The lowest BCUT2D eigenvalue weighted by atomic mass is 10.0. The molecule has 2 aromatic heterocycles. The molecule has 1 fully saturated rings. The van der Waals surface area contributed by atoms with Crippen LogP contribution < -0.4 is 14.4 Å². The second-order valence-electron chi connectivity index (χ2n) is 9.74. The van der Waals surface area contributed by atoms with Gasteiger partial charge in [-0.1, -0.05) is 0 Å². The van der Waals surface area contributed by atoms with E-state index in [0.29, 0.717) is 43.6 Å². The number of anilines is 2. The van der Waals surface area contributed by atoms with Crippen molar-refractivity contribution in [3.63, 3.8) is 0 Å². The molecule has 0 spiro atoms. The summed E-state index contributed by atoms with van der Waals surface area (Å²) in [4.78, 5) is 38.7. The van der Waals surface area contributed by atoms with Gasteiger partial charge in [0.15, 0.2) is 5.78 Å². The number of nitrogens with one attached hydrogen (secondary N) is 1. The number of benzene rings is 2. The number of nitrogens with zero attached hydrogens (tertiary/aromatic N) is 5. The van der Waals surface area contributed by atoms with Gasteiger partial charge in [0, 0.05) is 55.6 Å². The summed E-state index contributed by atoms with van der Waals surface area (Å²) in [6.45, 7) is 2.65. The molecule has 0 atom stereocenters. The third kappa shape index (κ3) is 6.17. The first kappa shape index (κ1) is 30.4. The number of allylic oxidation sites excluding steroid dienone is 1. The Morgan fingerprint density at radius 3 is 2.41 bits per heavy atom. The first-order valence-corrected chi connectivity index (χ1v) is 14.6. The van der Waals surface area contributed by atoms with Gasteiger partial charge in [-0.3, -0.25) is 14.3 Å². The van der Waals surface area contributed by atoms with Crippen LogP contribution in [0.15, 0.2) is 66.0 Å². The van der Waals surface area contributed by atoms with Gasteiger partial charge in [-0.25, -0.2) is 36.5 Å². The molecule has 0 unspecified atom stereocenters. The number of ether oxygens (including phenoxy) is 1. The van der Waals surface area contributed by atoms with E-state index in [1.807, 2.05) is 4.90 Å². The molecule has 1 aliphatic heterocycles. The van der Waals surface area contributed by atoms with Crippen molar-refractivity contribution >= 4 is 44.1 Å². The Labute approximate surface area is 250 Å². The molecule has 1 amide bonds. The monoisotopic (exact) mass is 626 g/mol. The highest BCUT2D eigenvalue weighted by atomic mass is 32.2. The highest BCUT2D eigenvalue weighted by Gasteiger charge is 2.26. The molecule has 0 aliphatic carbocycles. The molecule has 5 rings (SSSR count). The fourth-order valence-electron chi connectivity index (χ4n) is 4.72. The number of rotatable bonds is 8. The van der Waals surface area contributed by atoms with Gasteiger partial charge in [-0.2, -0.15) is 0 Å². The second kappa shape index (κ2) is 12.3. The number of ketones is 1. The van der Waals surface area contributed by atoms with E-state index in [2.05, 4.69) is 19.7 Å². The third-order valence-corrected chi connectivity index (χ3v) is 8.25. The summed E-state index contributed by atoms with van der Waals surface area (Å²) in [6, 6.07) is 6.32. The first-order valence-electron chi connectivity index (χ1n) is 13.2. The minimum atomic E-state index is -4.56. The van der Waals surface area contributed by atoms with E-state index in [1.165, 1.54) is 50.8 Å². The summed E-state index contributed by atoms with van der Waals surface area (Å²) in [6.07, 6.45) is 5.01. The smallest absolute Gasteiger partial charge is 0.264 e. The second-order valence-corrected chi connectivity index (χ2v) is 11.4. The van der Waals surface area contributed by atoms with E-state index >= 15 is 4.39 Å². The largest absolute Gasteiger partial charge is 0.480 e. The predicted molar refractivity (Wildman–Crippen MR) is 155 cm³/mol. The Bertz CT molecular complexity index is 1910. The molecular weight excluding hydrogens is 601 g/mol. The molecule has 1 N–H and O–H groups in total. The topological polar surface area (TPSA) is 135 Å². The number of halogens is 3. The number of sulfonamides is 1. The molecule has 228 valence electrons. The molecule has 1 saturated heterocycles. The van der Waals surface area contributed by atoms with Gasteiger partial charge < -0.3 is 14.5 Å². The van der Waals surface area contributed by atoms with E-state index in [1.54, 1.807) is 11.0 Å². The van der Waals surface area contributed by atoms with Crippen LogP contribution in [0.1, 0.15) is 6.92 Å². The number of methoxy groups -OCH3 is 1. The minimum Gasteiger partial charge on any atom is -0.480 e. The molecule has 0 radical (unpaired) electrons. The van der Waals surface area contributed by atoms with Crippen LogP contribution in [0.3, 0.4) is 0 Å². The summed E-state index contributed by atoms with van der Waals surface area (Å²) >= 11 is 0. The molecular formula is C29H25F3N6O5S. The number of aromatic nitrogens is 3. The van der Waals surface area contributed by atoms with E-state index in [9.17, 15) is 26.8 Å². The van der Waals surface area contributed by atoms with Gasteiger partial charge in [0.05, 0.1) is 18.0 Å². The predicted octanol–water partition coefficient (Wildman–Crippen LogP) is 3.71. The summed E-state index contributed by atoms with van der Waals surface area (Å²) in [5, 5.41) is 0.104. The van der Waals surface area contributed by atoms with E-state index in [4.69, 9.17) is 4.74 Å². The average molecular weight is 627 g/mol. The summed E-state index contributed by atoms with van der Waals surface area (Å²) < 4.78 is 77.1. The van der Waals surface area contributed by atoms with Gasteiger partial charge in [0.2, 0.25) is 11.8 Å². The number of fused-ring (bicyclic) bond motifs is 1. The number of pyridine rings is 1. The Morgan fingerprint density at radius 2 is 1.73 bits per heavy atom. The van der Waals surface area contributed by atoms with Crippen LogP contribution in [-0.4, -0.2) is 73.2 Å². The molecule has 3 heterocycles. The van der Waals surface area contributed by atoms with Gasteiger partial charge >= 0.3 is 0 Å². The van der Waals surface area contributed by atoms with Gasteiger partial charge in [0.1, 0.15) is 40.2 Å². The van der Waals surface area contributed by atoms with Crippen LogP contribution in [0, 0.1) is 17.5 Å². The van der Waals surface area contributed by atoms with Gasteiger partial charge in [-0.05, 0) is 43.3 Å². The summed E-state index contributed by atoms with van der Waals surface area (Å²) in [5.74, 6) is -3.37. The molecule has 0 saturated carbocycles. The Morgan fingerprint density at radius 1 is 0.977 bits per heavy atom. The Hall–Kier alpha value is -5.05. The zero-order valence-electron chi connectivity index (χ0n) is 23.4. The fourth-order valence-corrected chi connectivity index (χ4v) is 5.83. The number of carbonyl (C=O) groups is 2.